The fourth-order valence-electron chi connectivity index (χ4n) is 1.32. The minimum atomic E-state index is -3.30. The van der Waals surface area contributed by atoms with E-state index in [-0.39, 0.29) is 5.75 Å². The van der Waals surface area contributed by atoms with E-state index in [9.17, 15) is 8.42 Å². The third kappa shape index (κ3) is 2.50. The number of sulfone groups is 1. The summed E-state index contributed by atoms with van der Waals surface area (Å²) in [5, 5.41) is 8.63. The molecule has 1 radical (unpaired) electrons. The lowest BCUT2D eigenvalue weighted by Crippen LogP contribution is -2.01. The van der Waals surface area contributed by atoms with Crippen LogP contribution < -0.4 is 0 Å². The number of aromatic nitrogens is 2. The van der Waals surface area contributed by atoms with Crippen LogP contribution >= 0.6 is 0 Å². The Bertz CT molecular complexity index is 593. The van der Waals surface area contributed by atoms with Crippen LogP contribution in [0.15, 0.2) is 30.3 Å². The van der Waals surface area contributed by atoms with E-state index in [1.165, 1.54) is 0 Å². The standard InChI is InChI=1S/C10H9N2O2S/c1-15(13,14)7-9-6-8-4-2-3-5-10(8)12-11-9/h2-6H,1,7H2. The van der Waals surface area contributed by atoms with E-state index in [1.54, 1.807) is 6.07 Å². The average molecular weight is 221 g/mol. The molecule has 0 saturated heterocycles. The van der Waals surface area contributed by atoms with Crippen LogP contribution in [0.2, 0.25) is 0 Å². The van der Waals surface area contributed by atoms with E-state index >= 15 is 0 Å². The molecule has 0 bridgehead atoms. The van der Waals surface area contributed by atoms with Gasteiger partial charge >= 0.3 is 0 Å². The quantitative estimate of drug-likeness (QED) is 0.767. The zero-order valence-corrected chi connectivity index (χ0v) is 8.74. The second-order valence-corrected chi connectivity index (χ2v) is 5.06. The largest absolute Gasteiger partial charge is 0.228 e. The molecule has 0 spiro atoms. The smallest absolute Gasteiger partial charge is 0.157 e. The van der Waals surface area contributed by atoms with Gasteiger partial charge in [-0.1, -0.05) is 18.2 Å². The maximum Gasteiger partial charge on any atom is 0.157 e. The van der Waals surface area contributed by atoms with Crippen molar-refractivity contribution < 1.29 is 8.42 Å². The topological polar surface area (TPSA) is 59.9 Å². The molecule has 0 N–H and O–H groups in total. The summed E-state index contributed by atoms with van der Waals surface area (Å²) in [5.41, 5.74) is 1.17. The monoisotopic (exact) mass is 221 g/mol. The molecule has 4 nitrogen and oxygen atoms in total. The highest BCUT2D eigenvalue weighted by atomic mass is 32.2. The Morgan fingerprint density at radius 3 is 2.67 bits per heavy atom. The summed E-state index contributed by atoms with van der Waals surface area (Å²) in [7, 11) is -3.30. The summed E-state index contributed by atoms with van der Waals surface area (Å²) in [6, 6.07) is 9.13. The Balaban J connectivity index is 2.48. The van der Waals surface area contributed by atoms with Gasteiger partial charge in [0.25, 0.3) is 0 Å². The molecule has 1 heterocycles. The Kier molecular flexibility index (Phi) is 2.40. The predicted octanol–water partition coefficient (Wildman–Crippen LogP) is 1.34. The van der Waals surface area contributed by atoms with Crippen molar-refractivity contribution in [3.8, 4) is 0 Å². The summed E-state index contributed by atoms with van der Waals surface area (Å²) >= 11 is 0. The predicted molar refractivity (Wildman–Crippen MR) is 57.5 cm³/mol. The molecule has 0 aliphatic heterocycles. The van der Waals surface area contributed by atoms with Gasteiger partial charge in [-0.2, -0.15) is 10.2 Å². The van der Waals surface area contributed by atoms with Crippen LogP contribution in [0.1, 0.15) is 5.69 Å². The molecule has 0 fully saturated rings. The van der Waals surface area contributed by atoms with Crippen molar-refractivity contribution in [3.05, 3.63) is 42.3 Å². The normalized spacial score (nSPS) is 11.8. The fraction of sp³-hybridized carbons (Fsp3) is 0.100. The van der Waals surface area contributed by atoms with Crippen molar-refractivity contribution >= 4 is 20.7 Å². The highest BCUT2D eigenvalue weighted by Gasteiger charge is 2.07. The third-order valence-corrected chi connectivity index (χ3v) is 2.65. The number of fused-ring (bicyclic) bond motifs is 1. The lowest BCUT2D eigenvalue weighted by molar-refractivity contribution is 0.602. The van der Waals surface area contributed by atoms with Gasteiger partial charge in [-0.15, -0.1) is 0 Å². The van der Waals surface area contributed by atoms with E-state index in [4.69, 9.17) is 0 Å². The van der Waals surface area contributed by atoms with Gasteiger partial charge in [0.05, 0.1) is 23.2 Å². The van der Waals surface area contributed by atoms with Crippen LogP contribution in [0.4, 0.5) is 0 Å². The van der Waals surface area contributed by atoms with Crippen LogP contribution in [0, 0.1) is 6.26 Å². The van der Waals surface area contributed by atoms with Gasteiger partial charge in [0, 0.05) is 5.39 Å². The van der Waals surface area contributed by atoms with Crippen molar-refractivity contribution in [2.75, 3.05) is 0 Å². The molecule has 1 aromatic carbocycles. The molecular formula is C10H9N2O2S. The van der Waals surface area contributed by atoms with Gasteiger partial charge in [-0.25, -0.2) is 8.42 Å². The molecule has 1 aromatic heterocycles. The van der Waals surface area contributed by atoms with Gasteiger partial charge in [0.2, 0.25) is 0 Å². The summed E-state index contributed by atoms with van der Waals surface area (Å²) < 4.78 is 21.9. The lowest BCUT2D eigenvalue weighted by Gasteiger charge is -1.99. The van der Waals surface area contributed by atoms with Crippen molar-refractivity contribution in [2.24, 2.45) is 0 Å². The average Bonchev–Trinajstić information content (AvgIpc) is 2.15. The summed E-state index contributed by atoms with van der Waals surface area (Å²) in [5.74, 6) is -0.176. The highest BCUT2D eigenvalue weighted by Crippen LogP contribution is 2.12. The Morgan fingerprint density at radius 2 is 1.93 bits per heavy atom. The van der Waals surface area contributed by atoms with E-state index in [0.717, 1.165) is 10.9 Å². The molecule has 0 aliphatic rings. The number of benzene rings is 1. The van der Waals surface area contributed by atoms with Crippen molar-refractivity contribution in [2.45, 2.75) is 5.75 Å². The molecule has 15 heavy (non-hydrogen) atoms. The number of hydrogen-bond acceptors (Lipinski definition) is 4. The van der Waals surface area contributed by atoms with Crippen molar-refractivity contribution in [1.29, 1.82) is 0 Å². The number of rotatable bonds is 2. The van der Waals surface area contributed by atoms with E-state index in [0.29, 0.717) is 5.69 Å². The van der Waals surface area contributed by atoms with Gasteiger partial charge in [-0.3, -0.25) is 0 Å². The van der Waals surface area contributed by atoms with Crippen LogP contribution in [0.5, 0.6) is 0 Å². The summed E-state index contributed by atoms with van der Waals surface area (Å²) in [4.78, 5) is 0. The molecule has 5 heteroatoms. The molecule has 0 unspecified atom stereocenters. The van der Waals surface area contributed by atoms with Crippen molar-refractivity contribution in [1.82, 2.24) is 10.2 Å². The Hall–Kier alpha value is -1.49. The van der Waals surface area contributed by atoms with E-state index in [1.807, 2.05) is 24.3 Å². The van der Waals surface area contributed by atoms with E-state index in [2.05, 4.69) is 16.5 Å². The molecule has 0 aliphatic carbocycles. The molecule has 0 amide bonds. The molecule has 0 atom stereocenters. The summed E-state index contributed by atoms with van der Waals surface area (Å²) in [6.45, 7) is 0. The van der Waals surface area contributed by atoms with Crippen LogP contribution in [-0.2, 0) is 15.6 Å². The molecule has 0 saturated carbocycles. The SMILES string of the molecule is [CH2]S(=O)(=O)Cc1cc2ccccc2nn1. The van der Waals surface area contributed by atoms with Gasteiger partial charge in [0.15, 0.2) is 9.84 Å². The first-order valence-electron chi connectivity index (χ1n) is 4.32. The zero-order valence-electron chi connectivity index (χ0n) is 7.92. The first-order valence-corrected chi connectivity index (χ1v) is 6.14. The molecule has 77 valence electrons. The Morgan fingerprint density at radius 1 is 1.20 bits per heavy atom. The third-order valence-electron chi connectivity index (χ3n) is 1.91. The summed E-state index contributed by atoms with van der Waals surface area (Å²) in [6.07, 6.45) is 3.05. The fourth-order valence-corrected chi connectivity index (χ4v) is 1.91. The van der Waals surface area contributed by atoms with Gasteiger partial charge in [0.1, 0.15) is 0 Å². The lowest BCUT2D eigenvalue weighted by atomic mass is 10.2. The minimum Gasteiger partial charge on any atom is -0.228 e. The molecular weight excluding hydrogens is 212 g/mol. The zero-order chi connectivity index (χ0) is 10.9. The highest BCUT2D eigenvalue weighted by molar-refractivity contribution is 7.91. The van der Waals surface area contributed by atoms with Crippen molar-refractivity contribution in [3.63, 3.8) is 0 Å². The number of hydrogen-bond donors (Lipinski definition) is 0. The van der Waals surface area contributed by atoms with Crippen LogP contribution in [0.3, 0.4) is 0 Å². The second kappa shape index (κ2) is 3.58. The number of nitrogens with zero attached hydrogens (tertiary/aromatic N) is 2. The first kappa shape index (κ1) is 10.0. The first-order chi connectivity index (χ1) is 7.04. The maximum absolute atomic E-state index is 11.0. The van der Waals surface area contributed by atoms with Crippen LogP contribution in [-0.4, -0.2) is 18.6 Å². The second-order valence-electron chi connectivity index (χ2n) is 3.28. The maximum atomic E-state index is 11.0. The molecule has 2 aromatic rings. The Labute approximate surface area is 87.9 Å². The van der Waals surface area contributed by atoms with Crippen LogP contribution in [0.25, 0.3) is 10.9 Å². The van der Waals surface area contributed by atoms with Gasteiger partial charge in [-0.05, 0) is 12.1 Å². The minimum absolute atomic E-state index is 0.176. The van der Waals surface area contributed by atoms with E-state index < -0.39 is 9.84 Å². The van der Waals surface area contributed by atoms with Gasteiger partial charge < -0.3 is 0 Å². The molecule has 2 rings (SSSR count).